The molecule has 1 saturated heterocycles. The SMILES string of the molecule is COc1cc(NC(=O)COc2cccc(C(C)(C)C)c2)ccc1N1CCCC1=O. The van der Waals surface area contributed by atoms with E-state index >= 15 is 0 Å². The Morgan fingerprint density at radius 1 is 1.17 bits per heavy atom. The average Bonchev–Trinajstić information content (AvgIpc) is 3.11. The van der Waals surface area contributed by atoms with Gasteiger partial charge in [0, 0.05) is 24.7 Å². The number of nitrogens with zero attached hydrogens (tertiary/aromatic N) is 1. The molecule has 0 saturated carbocycles. The second-order valence-electron chi connectivity index (χ2n) is 8.15. The predicted molar refractivity (Wildman–Crippen MR) is 114 cm³/mol. The highest BCUT2D eigenvalue weighted by atomic mass is 16.5. The quantitative estimate of drug-likeness (QED) is 0.797. The lowest BCUT2D eigenvalue weighted by atomic mass is 9.87. The second kappa shape index (κ2) is 8.55. The first-order valence-corrected chi connectivity index (χ1v) is 9.79. The van der Waals surface area contributed by atoms with E-state index in [2.05, 4.69) is 26.1 Å². The fourth-order valence-electron chi connectivity index (χ4n) is 3.28. The average molecular weight is 396 g/mol. The summed E-state index contributed by atoms with van der Waals surface area (Å²) in [6.45, 7) is 6.98. The van der Waals surface area contributed by atoms with Gasteiger partial charge in [0.2, 0.25) is 5.91 Å². The van der Waals surface area contributed by atoms with Gasteiger partial charge >= 0.3 is 0 Å². The third-order valence-corrected chi connectivity index (χ3v) is 4.90. The van der Waals surface area contributed by atoms with Gasteiger partial charge in [0.15, 0.2) is 6.61 Å². The lowest BCUT2D eigenvalue weighted by molar-refractivity contribution is -0.118. The van der Waals surface area contributed by atoms with E-state index in [4.69, 9.17) is 9.47 Å². The van der Waals surface area contributed by atoms with E-state index in [1.54, 1.807) is 30.2 Å². The zero-order valence-electron chi connectivity index (χ0n) is 17.5. The molecule has 0 spiro atoms. The van der Waals surface area contributed by atoms with Crippen LogP contribution in [0, 0.1) is 0 Å². The van der Waals surface area contributed by atoms with Gasteiger partial charge in [0.1, 0.15) is 11.5 Å². The summed E-state index contributed by atoms with van der Waals surface area (Å²) < 4.78 is 11.1. The minimum atomic E-state index is -0.266. The number of ether oxygens (including phenoxy) is 2. The topological polar surface area (TPSA) is 67.9 Å². The summed E-state index contributed by atoms with van der Waals surface area (Å²) in [6.07, 6.45) is 1.39. The molecule has 2 amide bonds. The number of methoxy groups -OCH3 is 1. The molecule has 6 nitrogen and oxygen atoms in total. The summed E-state index contributed by atoms with van der Waals surface area (Å²) in [5.74, 6) is 1.04. The van der Waals surface area contributed by atoms with Crippen LogP contribution in [0.1, 0.15) is 39.2 Å². The first-order valence-electron chi connectivity index (χ1n) is 9.79. The van der Waals surface area contributed by atoms with Gasteiger partial charge in [-0.25, -0.2) is 0 Å². The molecule has 2 aromatic rings. The lowest BCUT2D eigenvalue weighted by Gasteiger charge is -2.20. The molecular weight excluding hydrogens is 368 g/mol. The first kappa shape index (κ1) is 20.7. The molecule has 0 aliphatic carbocycles. The molecule has 0 atom stereocenters. The normalized spacial score (nSPS) is 14.1. The summed E-state index contributed by atoms with van der Waals surface area (Å²) in [7, 11) is 1.55. The molecule has 2 aromatic carbocycles. The van der Waals surface area contributed by atoms with Crippen molar-refractivity contribution in [1.82, 2.24) is 0 Å². The number of anilines is 2. The van der Waals surface area contributed by atoms with E-state index in [9.17, 15) is 9.59 Å². The third kappa shape index (κ3) is 5.08. The molecule has 0 unspecified atom stereocenters. The molecule has 154 valence electrons. The monoisotopic (exact) mass is 396 g/mol. The number of carbonyl (C=O) groups excluding carboxylic acids is 2. The fourth-order valence-corrected chi connectivity index (χ4v) is 3.28. The van der Waals surface area contributed by atoms with Crippen molar-refractivity contribution < 1.29 is 19.1 Å². The molecule has 1 aliphatic heterocycles. The maximum absolute atomic E-state index is 12.3. The zero-order chi connectivity index (χ0) is 21.0. The van der Waals surface area contributed by atoms with E-state index in [1.165, 1.54) is 0 Å². The minimum absolute atomic E-state index is 0.0106. The molecule has 29 heavy (non-hydrogen) atoms. The van der Waals surface area contributed by atoms with E-state index < -0.39 is 0 Å². The largest absolute Gasteiger partial charge is 0.494 e. The molecule has 1 fully saturated rings. The van der Waals surface area contributed by atoms with Crippen LogP contribution in [0.2, 0.25) is 0 Å². The molecule has 1 aliphatic rings. The maximum Gasteiger partial charge on any atom is 0.262 e. The van der Waals surface area contributed by atoms with Gasteiger partial charge in [0.05, 0.1) is 12.8 Å². The Bertz CT molecular complexity index is 902. The van der Waals surface area contributed by atoms with Gasteiger partial charge in [-0.1, -0.05) is 32.9 Å². The van der Waals surface area contributed by atoms with Crippen LogP contribution in [0.3, 0.4) is 0 Å². The van der Waals surface area contributed by atoms with Crippen molar-refractivity contribution in [2.24, 2.45) is 0 Å². The van der Waals surface area contributed by atoms with Crippen molar-refractivity contribution in [2.75, 3.05) is 30.5 Å². The van der Waals surface area contributed by atoms with Crippen LogP contribution in [-0.2, 0) is 15.0 Å². The van der Waals surface area contributed by atoms with Gasteiger partial charge < -0.3 is 19.7 Å². The van der Waals surface area contributed by atoms with Crippen LogP contribution in [0.4, 0.5) is 11.4 Å². The summed E-state index contributed by atoms with van der Waals surface area (Å²) >= 11 is 0. The smallest absolute Gasteiger partial charge is 0.262 e. The number of benzene rings is 2. The Morgan fingerprint density at radius 2 is 1.97 bits per heavy atom. The molecule has 3 rings (SSSR count). The number of carbonyl (C=O) groups is 2. The van der Waals surface area contributed by atoms with Crippen molar-refractivity contribution in [3.63, 3.8) is 0 Å². The highest BCUT2D eigenvalue weighted by Crippen LogP contribution is 2.34. The molecule has 0 aromatic heterocycles. The summed E-state index contributed by atoms with van der Waals surface area (Å²) in [4.78, 5) is 26.0. The van der Waals surface area contributed by atoms with Gasteiger partial charge in [-0.2, -0.15) is 0 Å². The highest BCUT2D eigenvalue weighted by molar-refractivity contribution is 5.98. The number of nitrogens with one attached hydrogen (secondary N) is 1. The molecule has 0 radical (unpaired) electrons. The summed E-state index contributed by atoms with van der Waals surface area (Å²) in [5.41, 5.74) is 2.47. The van der Waals surface area contributed by atoms with Gasteiger partial charge in [0.25, 0.3) is 5.91 Å². The van der Waals surface area contributed by atoms with E-state index in [1.807, 2.05) is 24.3 Å². The van der Waals surface area contributed by atoms with E-state index in [0.717, 1.165) is 17.7 Å². The Kier molecular flexibility index (Phi) is 6.11. The van der Waals surface area contributed by atoms with Crippen LogP contribution in [-0.4, -0.2) is 32.1 Å². The molecule has 6 heteroatoms. The van der Waals surface area contributed by atoms with Crippen LogP contribution in [0.15, 0.2) is 42.5 Å². The second-order valence-corrected chi connectivity index (χ2v) is 8.15. The van der Waals surface area contributed by atoms with Crippen LogP contribution < -0.4 is 19.7 Å². The fraction of sp³-hybridized carbons (Fsp3) is 0.391. The number of amides is 2. The Balaban J connectivity index is 1.63. The maximum atomic E-state index is 12.3. The van der Waals surface area contributed by atoms with Crippen LogP contribution in [0.25, 0.3) is 0 Å². The van der Waals surface area contributed by atoms with Crippen LogP contribution >= 0.6 is 0 Å². The summed E-state index contributed by atoms with van der Waals surface area (Å²) in [6, 6.07) is 13.1. The lowest BCUT2D eigenvalue weighted by Crippen LogP contribution is -2.24. The molecule has 0 bridgehead atoms. The Morgan fingerprint density at radius 3 is 2.62 bits per heavy atom. The number of rotatable bonds is 6. The first-order chi connectivity index (χ1) is 13.8. The zero-order valence-corrected chi connectivity index (χ0v) is 17.5. The van der Waals surface area contributed by atoms with Crippen molar-refractivity contribution >= 4 is 23.2 Å². The van der Waals surface area contributed by atoms with Gasteiger partial charge in [-0.15, -0.1) is 0 Å². The highest BCUT2D eigenvalue weighted by Gasteiger charge is 2.24. The van der Waals surface area contributed by atoms with E-state index in [0.29, 0.717) is 30.2 Å². The summed E-state index contributed by atoms with van der Waals surface area (Å²) in [5, 5.41) is 2.81. The van der Waals surface area contributed by atoms with E-state index in [-0.39, 0.29) is 23.8 Å². The predicted octanol–water partition coefficient (Wildman–Crippen LogP) is 4.14. The molecule has 1 heterocycles. The van der Waals surface area contributed by atoms with Crippen molar-refractivity contribution in [3.05, 3.63) is 48.0 Å². The standard InChI is InChI=1S/C23H28N2O4/c1-23(2,3)16-7-5-8-18(13-16)29-15-21(26)24-17-10-11-19(20(14-17)28-4)25-12-6-9-22(25)27/h5,7-8,10-11,13-14H,6,9,12,15H2,1-4H3,(H,24,26). The third-order valence-electron chi connectivity index (χ3n) is 4.90. The number of hydrogen-bond acceptors (Lipinski definition) is 4. The molecule has 1 N–H and O–H groups in total. The van der Waals surface area contributed by atoms with Gasteiger partial charge in [-0.05, 0) is 41.7 Å². The Labute approximate surface area is 171 Å². The van der Waals surface area contributed by atoms with Crippen LogP contribution in [0.5, 0.6) is 11.5 Å². The Hall–Kier alpha value is -3.02. The minimum Gasteiger partial charge on any atom is -0.494 e. The van der Waals surface area contributed by atoms with Crippen molar-refractivity contribution in [2.45, 2.75) is 39.0 Å². The number of hydrogen-bond donors (Lipinski definition) is 1. The van der Waals surface area contributed by atoms with Crippen molar-refractivity contribution in [3.8, 4) is 11.5 Å². The molecular formula is C23H28N2O4. The van der Waals surface area contributed by atoms with Crippen molar-refractivity contribution in [1.29, 1.82) is 0 Å². The van der Waals surface area contributed by atoms with Gasteiger partial charge in [-0.3, -0.25) is 9.59 Å².